The van der Waals surface area contributed by atoms with Gasteiger partial charge in [-0.3, -0.25) is 9.59 Å². The van der Waals surface area contributed by atoms with E-state index in [-0.39, 0.29) is 31.0 Å². The Balaban J connectivity index is 2.15. The predicted octanol–water partition coefficient (Wildman–Crippen LogP) is 4.70. The molecule has 5 nitrogen and oxygen atoms in total. The summed E-state index contributed by atoms with van der Waals surface area (Å²) in [6.07, 6.45) is 0.805. The molecule has 7 heteroatoms. The molecule has 0 aliphatic heterocycles. The standard InChI is InChI=1S/C22H26Cl2N2O3/c1-4-15(2)25-22(28)16(3)26(13-17-9-11-18(23)12-10-17)21(27)14-29-20-8-6-5-7-19(20)24/h5-12,15-16H,4,13-14H2,1-3H3,(H,25,28)/t15-,16-/m1/s1. The summed E-state index contributed by atoms with van der Waals surface area (Å²) in [6.45, 7) is 5.66. The summed E-state index contributed by atoms with van der Waals surface area (Å²) >= 11 is 12.0. The van der Waals surface area contributed by atoms with E-state index >= 15 is 0 Å². The van der Waals surface area contributed by atoms with Crippen LogP contribution in [0.15, 0.2) is 48.5 Å². The van der Waals surface area contributed by atoms with Gasteiger partial charge in [-0.2, -0.15) is 0 Å². The summed E-state index contributed by atoms with van der Waals surface area (Å²) in [6, 6.07) is 13.5. The number of hydrogen-bond acceptors (Lipinski definition) is 3. The van der Waals surface area contributed by atoms with Gasteiger partial charge in [-0.25, -0.2) is 0 Å². The zero-order valence-corrected chi connectivity index (χ0v) is 18.3. The first-order valence-electron chi connectivity index (χ1n) is 9.53. The van der Waals surface area contributed by atoms with Crippen LogP contribution in [0.4, 0.5) is 0 Å². The second-order valence-corrected chi connectivity index (χ2v) is 7.70. The fourth-order valence-electron chi connectivity index (χ4n) is 2.62. The Morgan fingerprint density at radius 1 is 1.07 bits per heavy atom. The summed E-state index contributed by atoms with van der Waals surface area (Å²) in [4.78, 5) is 27.1. The molecule has 0 saturated heterocycles. The van der Waals surface area contributed by atoms with E-state index in [2.05, 4.69) is 5.32 Å². The Bertz CT molecular complexity index is 827. The number of halogens is 2. The molecule has 0 aliphatic rings. The Labute approximate surface area is 181 Å². The van der Waals surface area contributed by atoms with E-state index in [1.807, 2.05) is 26.0 Å². The molecule has 0 radical (unpaired) electrons. The van der Waals surface area contributed by atoms with Crippen LogP contribution in [0.5, 0.6) is 5.75 Å². The van der Waals surface area contributed by atoms with Crippen LogP contribution in [0.3, 0.4) is 0 Å². The van der Waals surface area contributed by atoms with Gasteiger partial charge in [-0.1, -0.05) is 54.4 Å². The van der Waals surface area contributed by atoms with Crippen molar-refractivity contribution in [3.8, 4) is 5.75 Å². The summed E-state index contributed by atoms with van der Waals surface area (Å²) < 4.78 is 5.59. The highest BCUT2D eigenvalue weighted by molar-refractivity contribution is 6.32. The molecule has 2 amide bonds. The zero-order valence-electron chi connectivity index (χ0n) is 16.8. The number of amides is 2. The Kier molecular flexibility index (Phi) is 8.80. The van der Waals surface area contributed by atoms with Gasteiger partial charge < -0.3 is 15.0 Å². The third-order valence-electron chi connectivity index (χ3n) is 4.62. The second kappa shape index (κ2) is 11.1. The van der Waals surface area contributed by atoms with E-state index < -0.39 is 6.04 Å². The number of nitrogens with one attached hydrogen (secondary N) is 1. The van der Waals surface area contributed by atoms with Crippen molar-refractivity contribution in [2.45, 2.75) is 45.8 Å². The minimum atomic E-state index is -0.665. The molecule has 29 heavy (non-hydrogen) atoms. The van der Waals surface area contributed by atoms with Gasteiger partial charge in [0.25, 0.3) is 5.91 Å². The molecule has 2 atom stereocenters. The topological polar surface area (TPSA) is 58.6 Å². The lowest BCUT2D eigenvalue weighted by atomic mass is 10.1. The van der Waals surface area contributed by atoms with Gasteiger partial charge in [-0.05, 0) is 50.1 Å². The fraction of sp³-hybridized carbons (Fsp3) is 0.364. The molecule has 0 saturated carbocycles. The largest absolute Gasteiger partial charge is 0.482 e. The van der Waals surface area contributed by atoms with Gasteiger partial charge in [0.2, 0.25) is 5.91 Å². The first-order valence-corrected chi connectivity index (χ1v) is 10.3. The zero-order chi connectivity index (χ0) is 21.4. The SMILES string of the molecule is CC[C@@H](C)NC(=O)[C@@H](C)N(Cc1ccc(Cl)cc1)C(=O)COc1ccccc1Cl. The number of carbonyl (C=O) groups excluding carboxylic acids is 2. The van der Waals surface area contributed by atoms with E-state index in [0.717, 1.165) is 12.0 Å². The molecule has 0 aromatic heterocycles. The Morgan fingerprint density at radius 2 is 1.72 bits per heavy atom. The van der Waals surface area contributed by atoms with Crippen LogP contribution in [-0.2, 0) is 16.1 Å². The van der Waals surface area contributed by atoms with Gasteiger partial charge >= 0.3 is 0 Å². The normalized spacial score (nSPS) is 12.7. The predicted molar refractivity (Wildman–Crippen MR) is 116 cm³/mol. The molecule has 2 aromatic rings. The van der Waals surface area contributed by atoms with Crippen molar-refractivity contribution >= 4 is 35.0 Å². The quantitative estimate of drug-likeness (QED) is 0.619. The fourth-order valence-corrected chi connectivity index (χ4v) is 2.94. The lowest BCUT2D eigenvalue weighted by Gasteiger charge is -2.29. The van der Waals surface area contributed by atoms with Crippen molar-refractivity contribution in [2.75, 3.05) is 6.61 Å². The van der Waals surface area contributed by atoms with Crippen LogP contribution >= 0.6 is 23.2 Å². The molecule has 0 unspecified atom stereocenters. The Hall–Kier alpha value is -2.24. The smallest absolute Gasteiger partial charge is 0.261 e. The van der Waals surface area contributed by atoms with Crippen LogP contribution in [0.1, 0.15) is 32.8 Å². The molecule has 0 aliphatic carbocycles. The van der Waals surface area contributed by atoms with Crippen LogP contribution in [0.25, 0.3) is 0 Å². The van der Waals surface area contributed by atoms with E-state index in [1.54, 1.807) is 43.3 Å². The van der Waals surface area contributed by atoms with E-state index in [9.17, 15) is 9.59 Å². The van der Waals surface area contributed by atoms with Gasteiger partial charge in [0.1, 0.15) is 11.8 Å². The van der Waals surface area contributed by atoms with Crippen molar-refractivity contribution in [1.82, 2.24) is 10.2 Å². The highest BCUT2D eigenvalue weighted by Gasteiger charge is 2.27. The second-order valence-electron chi connectivity index (χ2n) is 6.86. The minimum Gasteiger partial charge on any atom is -0.482 e. The average molecular weight is 437 g/mol. The Morgan fingerprint density at radius 3 is 2.34 bits per heavy atom. The molecule has 0 bridgehead atoms. The third kappa shape index (κ3) is 6.94. The first kappa shape index (κ1) is 23.0. The average Bonchev–Trinajstić information content (AvgIpc) is 2.71. The highest BCUT2D eigenvalue weighted by Crippen LogP contribution is 2.23. The van der Waals surface area contributed by atoms with Crippen molar-refractivity contribution in [1.29, 1.82) is 0 Å². The lowest BCUT2D eigenvalue weighted by Crippen LogP contribution is -2.50. The number of rotatable bonds is 9. The lowest BCUT2D eigenvalue weighted by molar-refractivity contribution is -0.142. The van der Waals surface area contributed by atoms with Crippen LogP contribution in [0.2, 0.25) is 10.0 Å². The molecular weight excluding hydrogens is 411 g/mol. The molecular formula is C22H26Cl2N2O3. The monoisotopic (exact) mass is 436 g/mol. The molecule has 0 spiro atoms. The number of benzene rings is 2. The summed E-state index contributed by atoms with van der Waals surface area (Å²) in [7, 11) is 0. The first-order chi connectivity index (χ1) is 13.8. The number of carbonyl (C=O) groups is 2. The summed E-state index contributed by atoms with van der Waals surface area (Å²) in [5, 5.41) is 3.96. The number of para-hydroxylation sites is 1. The van der Waals surface area contributed by atoms with Crippen LogP contribution in [0, 0.1) is 0 Å². The maximum absolute atomic E-state index is 13.0. The van der Waals surface area contributed by atoms with Crippen molar-refractivity contribution < 1.29 is 14.3 Å². The van der Waals surface area contributed by atoms with Gasteiger partial charge in [0.05, 0.1) is 5.02 Å². The van der Waals surface area contributed by atoms with Crippen LogP contribution in [-0.4, -0.2) is 35.4 Å². The van der Waals surface area contributed by atoms with Gasteiger partial charge in [-0.15, -0.1) is 0 Å². The number of ether oxygens (including phenoxy) is 1. The van der Waals surface area contributed by atoms with Gasteiger partial charge in [0.15, 0.2) is 6.61 Å². The molecule has 0 heterocycles. The summed E-state index contributed by atoms with van der Waals surface area (Å²) in [5.74, 6) is -0.100. The van der Waals surface area contributed by atoms with Crippen molar-refractivity contribution in [3.05, 3.63) is 64.1 Å². The van der Waals surface area contributed by atoms with Crippen molar-refractivity contribution in [2.24, 2.45) is 0 Å². The molecule has 2 rings (SSSR count). The molecule has 2 aromatic carbocycles. The number of hydrogen-bond donors (Lipinski definition) is 1. The van der Waals surface area contributed by atoms with Gasteiger partial charge in [0, 0.05) is 17.6 Å². The third-order valence-corrected chi connectivity index (χ3v) is 5.19. The van der Waals surface area contributed by atoms with E-state index in [1.165, 1.54) is 4.90 Å². The minimum absolute atomic E-state index is 0.0248. The van der Waals surface area contributed by atoms with Crippen LogP contribution < -0.4 is 10.1 Å². The molecule has 1 N–H and O–H groups in total. The maximum Gasteiger partial charge on any atom is 0.261 e. The summed E-state index contributed by atoms with van der Waals surface area (Å²) in [5.41, 5.74) is 0.865. The molecule has 156 valence electrons. The van der Waals surface area contributed by atoms with E-state index in [0.29, 0.717) is 15.8 Å². The number of nitrogens with zero attached hydrogens (tertiary/aromatic N) is 1. The molecule has 0 fully saturated rings. The van der Waals surface area contributed by atoms with E-state index in [4.69, 9.17) is 27.9 Å². The maximum atomic E-state index is 13.0. The van der Waals surface area contributed by atoms with Crippen molar-refractivity contribution in [3.63, 3.8) is 0 Å². The highest BCUT2D eigenvalue weighted by atomic mass is 35.5.